The average Bonchev–Trinajstić information content (AvgIpc) is 3.16. The minimum absolute atomic E-state index is 0. The van der Waals surface area contributed by atoms with E-state index in [2.05, 4.69) is 0 Å². The molecule has 0 fully saturated rings. The Hall–Kier alpha value is -7.74. The van der Waals surface area contributed by atoms with Gasteiger partial charge in [-0.2, -0.15) is 0 Å². The number of ketones is 5. The van der Waals surface area contributed by atoms with Crippen molar-refractivity contribution in [3.8, 4) is 0 Å². The van der Waals surface area contributed by atoms with E-state index in [1.54, 1.807) is 48.5 Å². The van der Waals surface area contributed by atoms with Gasteiger partial charge >= 0.3 is 35.3 Å². The van der Waals surface area contributed by atoms with Crippen LogP contribution >= 0.6 is 0 Å². The maximum absolute atomic E-state index is 10.5. The molecule has 0 radical (unpaired) electrons. The second-order valence-electron chi connectivity index (χ2n) is 16.0. The van der Waals surface area contributed by atoms with Crippen molar-refractivity contribution in [2.24, 2.45) is 0 Å². The summed E-state index contributed by atoms with van der Waals surface area (Å²) in [6.07, 6.45) is 3.75. The monoisotopic (exact) mass is 1010 g/mol. The fraction of sp³-hybridized carbons (Fsp3) is 0.291. The van der Waals surface area contributed by atoms with Crippen LogP contribution in [0, 0.1) is 55.4 Å². The van der Waals surface area contributed by atoms with Gasteiger partial charge in [0.15, 0.2) is 17.3 Å². The van der Waals surface area contributed by atoms with Gasteiger partial charge in [-0.1, -0.05) is 87.8 Å². The predicted molar refractivity (Wildman–Crippen MR) is 272 cm³/mol. The van der Waals surface area contributed by atoms with Crippen LogP contribution in [-0.4, -0.2) is 90.6 Å². The zero-order valence-electron chi connectivity index (χ0n) is 43.7. The average molecular weight is 1010 g/mol. The number of rotatable bonds is 9. The van der Waals surface area contributed by atoms with E-state index in [1.165, 1.54) is 54.5 Å². The number of carboxylic acid groups (broad SMARTS) is 4. The second kappa shape index (κ2) is 40.0. The molecule has 4 aromatic rings. The summed E-state index contributed by atoms with van der Waals surface area (Å²) in [6.45, 7) is 24.7. The summed E-state index contributed by atoms with van der Waals surface area (Å²) in [6, 6.07) is 20.9. The summed E-state index contributed by atoms with van der Waals surface area (Å²) in [7, 11) is 0. The molecule has 386 valence electrons. The Labute approximate surface area is 433 Å². The number of hydrogen-bond acceptors (Lipinski definition) is 13. The van der Waals surface area contributed by atoms with E-state index in [9.17, 15) is 58.5 Å². The summed E-state index contributed by atoms with van der Waals surface area (Å²) in [5.41, 5.74) is 9.17. The van der Waals surface area contributed by atoms with Crippen LogP contribution in [0.15, 0.2) is 109 Å². The van der Waals surface area contributed by atoms with E-state index in [-0.39, 0.29) is 69.8 Å². The van der Waals surface area contributed by atoms with Crippen LogP contribution < -0.4 is 15.3 Å². The first kappa shape index (κ1) is 73.2. The quantitative estimate of drug-likeness (QED) is 0.0559. The van der Waals surface area contributed by atoms with Crippen LogP contribution in [0.25, 0.3) is 0 Å². The number of aryl methyl sites for hydroxylation is 8. The molecule has 0 aromatic heterocycles. The number of benzene rings is 4. The Bertz CT molecular complexity index is 2170. The number of carbonyl (C=O) groups excluding carboxylic acids is 6. The molecule has 0 aliphatic heterocycles. The number of aliphatic hydroxyl groups is 1. The van der Waals surface area contributed by atoms with Crippen molar-refractivity contribution >= 4 is 70.2 Å². The van der Waals surface area contributed by atoms with Gasteiger partial charge in [0.25, 0.3) is 0 Å². The molecule has 0 bridgehead atoms. The van der Waals surface area contributed by atoms with Crippen LogP contribution in [-0.2, 0) is 24.0 Å². The van der Waals surface area contributed by atoms with E-state index >= 15 is 0 Å². The van der Waals surface area contributed by atoms with Crippen molar-refractivity contribution in [3.05, 3.63) is 176 Å². The first-order chi connectivity index (χ1) is 32.5. The fourth-order valence-corrected chi connectivity index (χ4v) is 5.41. The van der Waals surface area contributed by atoms with Gasteiger partial charge in [-0.05, 0) is 151 Å². The summed E-state index contributed by atoms with van der Waals surface area (Å²) in [4.78, 5) is 91.7. The van der Waals surface area contributed by atoms with Crippen LogP contribution in [0.3, 0.4) is 0 Å². The minimum Gasteiger partial charge on any atom is -0.878 e. The van der Waals surface area contributed by atoms with E-state index in [4.69, 9.17) is 20.4 Å². The Morgan fingerprint density at radius 1 is 0.403 bits per heavy atom. The molecule has 72 heavy (non-hydrogen) atoms. The van der Waals surface area contributed by atoms with Gasteiger partial charge in [0, 0.05) is 6.08 Å². The van der Waals surface area contributed by atoms with Crippen LogP contribution in [0.4, 0.5) is 0 Å². The summed E-state index contributed by atoms with van der Waals surface area (Å²) in [5.74, 6) is -4.47. The van der Waals surface area contributed by atoms with Gasteiger partial charge in [0.2, 0.25) is 0 Å². The maximum atomic E-state index is 10.5. The predicted octanol–water partition coefficient (Wildman–Crippen LogP) is 7.17. The van der Waals surface area contributed by atoms with Crippen molar-refractivity contribution in [3.63, 3.8) is 0 Å². The molecule has 0 spiro atoms. The van der Waals surface area contributed by atoms with E-state index < -0.39 is 23.9 Å². The molecule has 0 amide bonds. The molecule has 0 saturated carbocycles. The number of hydrogen-bond donors (Lipinski definition) is 4. The van der Waals surface area contributed by atoms with E-state index in [1.807, 2.05) is 79.7 Å². The Morgan fingerprint density at radius 3 is 0.722 bits per heavy atom. The van der Waals surface area contributed by atoms with Gasteiger partial charge in [0.05, 0.1) is 34.8 Å². The fourth-order valence-electron chi connectivity index (χ4n) is 5.41. The summed E-state index contributed by atoms with van der Waals surface area (Å²) < 4.78 is 0. The van der Waals surface area contributed by atoms with Gasteiger partial charge in [0.1, 0.15) is 11.6 Å². The van der Waals surface area contributed by atoms with Crippen molar-refractivity contribution in [2.75, 3.05) is 0 Å². The van der Waals surface area contributed by atoms with E-state index in [0.717, 1.165) is 56.7 Å². The topological polar surface area (TPSA) is 304 Å². The SMILES string of the molecule is CC(=O)/C=C(/C)O.CC(=O)/C=C(/C)[O-].CC(=O)/C=C\[O-].CC(=O)CC(C)=O.Cc1cc(C)cc(C(=O)O)c1.Cc1cc(C)cc(C(=O)O)c1.Cc1cc(C)cc(C(=O)O)c1.Cc1cc(C)cc(C(=O)[O-])c1.[Al+3]. The first-order valence-corrected chi connectivity index (χ1v) is 21.3. The third-order valence-corrected chi connectivity index (χ3v) is 7.48. The van der Waals surface area contributed by atoms with Crippen LogP contribution in [0.5, 0.6) is 0 Å². The standard InChI is InChI=1S/4C9H10O2.3C5H8O2.C4H6O2.Al/c4*1-6-3-7(2)5-8(4-6)9(10)11;3*1-4(6)3-5(2)7;1-4(6)2-3-5;/h4*3-5H,1-2H3,(H,10,11);3H2,1-2H3;2*3,6H,1-2H3;2-3,5H,1H3;/q;;;;;;;;+3/p-3/b;;;;;2*4-3-;3-2-;. The molecule has 0 atom stereocenters. The van der Waals surface area contributed by atoms with Gasteiger partial charge < -0.3 is 40.5 Å². The second-order valence-corrected chi connectivity index (χ2v) is 16.0. The number of allylic oxidation sites excluding steroid dienone is 5. The maximum Gasteiger partial charge on any atom is 3.00 e. The largest absolute Gasteiger partial charge is 3.00 e. The zero-order chi connectivity index (χ0) is 56.3. The molecule has 4 N–H and O–H groups in total. The Balaban J connectivity index is -0.000000240. The third kappa shape index (κ3) is 46.0. The first-order valence-electron chi connectivity index (χ1n) is 21.3. The molecule has 0 heterocycles. The van der Waals surface area contributed by atoms with Crippen LogP contribution in [0.1, 0.15) is 141 Å². The van der Waals surface area contributed by atoms with Gasteiger partial charge in [-0.3, -0.25) is 24.0 Å². The van der Waals surface area contributed by atoms with Gasteiger partial charge in [-0.25, -0.2) is 14.4 Å². The molecular formula is C55H67AlO16. The molecule has 0 aliphatic carbocycles. The Kier molecular flexibility index (Phi) is 40.7. The molecule has 17 heteroatoms. The molecular weight excluding hydrogens is 944 g/mol. The minimum atomic E-state index is -1.11. The van der Waals surface area contributed by atoms with Crippen molar-refractivity contribution in [2.45, 2.75) is 110 Å². The summed E-state index contributed by atoms with van der Waals surface area (Å²) >= 11 is 0. The Morgan fingerprint density at radius 2 is 0.639 bits per heavy atom. The normalized spacial score (nSPS) is 9.71. The number of carboxylic acids is 4. The molecule has 0 saturated heterocycles. The molecule has 0 aliphatic rings. The van der Waals surface area contributed by atoms with E-state index in [0.29, 0.717) is 23.0 Å². The van der Waals surface area contributed by atoms with Crippen molar-refractivity contribution in [1.29, 1.82) is 0 Å². The molecule has 4 rings (SSSR count). The van der Waals surface area contributed by atoms with Crippen molar-refractivity contribution in [1.82, 2.24) is 0 Å². The third-order valence-electron chi connectivity index (χ3n) is 7.48. The van der Waals surface area contributed by atoms with Gasteiger partial charge in [-0.15, -0.1) is 12.0 Å². The molecule has 4 aromatic carbocycles. The number of aliphatic hydroxyl groups excluding tert-OH is 1. The summed E-state index contributed by atoms with van der Waals surface area (Å²) in [5, 5.41) is 64.0. The number of aromatic carboxylic acids is 4. The van der Waals surface area contributed by atoms with Crippen molar-refractivity contribution < 1.29 is 78.9 Å². The number of carbonyl (C=O) groups is 9. The molecule has 16 nitrogen and oxygen atoms in total. The van der Waals surface area contributed by atoms with Crippen LogP contribution in [0.2, 0.25) is 0 Å². The number of Topliss-reactive ketones (excluding diaryl/α,β-unsaturated/α-hetero) is 2. The molecule has 0 unspecified atom stereocenters. The zero-order valence-corrected chi connectivity index (χ0v) is 44.9. The smallest absolute Gasteiger partial charge is 0.878 e.